The fourth-order valence-electron chi connectivity index (χ4n) is 2.62. The summed E-state index contributed by atoms with van der Waals surface area (Å²) in [5.74, 6) is 1.14. The van der Waals surface area contributed by atoms with Crippen molar-refractivity contribution in [3.8, 4) is 6.01 Å². The van der Waals surface area contributed by atoms with Gasteiger partial charge in [0.2, 0.25) is 11.9 Å². The summed E-state index contributed by atoms with van der Waals surface area (Å²) in [5, 5.41) is 6.62. The Morgan fingerprint density at radius 2 is 1.62 bits per heavy atom. The average Bonchev–Trinajstić information content (AvgIpc) is 2.79. The third-order valence-electron chi connectivity index (χ3n) is 4.72. The molecular weight excluding hydrogens is 266 g/mol. The summed E-state index contributed by atoms with van der Waals surface area (Å²) in [6.45, 7) is 14.4. The van der Waals surface area contributed by atoms with Gasteiger partial charge in [0.05, 0.1) is 6.61 Å². The maximum Gasteiger partial charge on any atom is 0.323 e. The zero-order valence-corrected chi connectivity index (χ0v) is 13.9. The van der Waals surface area contributed by atoms with E-state index in [2.05, 4.69) is 60.2 Å². The number of nitrogens with one attached hydrogen (secondary N) is 2. The van der Waals surface area contributed by atoms with Crippen LogP contribution in [-0.4, -0.2) is 34.1 Å². The zero-order valence-electron chi connectivity index (χ0n) is 13.9. The molecule has 0 bridgehead atoms. The first-order valence-corrected chi connectivity index (χ1v) is 7.72. The van der Waals surface area contributed by atoms with Gasteiger partial charge in [0.15, 0.2) is 0 Å². The Hall–Kier alpha value is -1.59. The Morgan fingerprint density at radius 3 is 2.14 bits per heavy atom. The Bertz CT molecular complexity index is 487. The van der Waals surface area contributed by atoms with Crippen molar-refractivity contribution in [2.24, 2.45) is 10.8 Å². The first-order valence-electron chi connectivity index (χ1n) is 7.72. The lowest BCUT2D eigenvalue weighted by atomic mass is 10.0. The van der Waals surface area contributed by atoms with Gasteiger partial charge in [0, 0.05) is 12.6 Å². The van der Waals surface area contributed by atoms with Crippen LogP contribution in [0.15, 0.2) is 0 Å². The highest BCUT2D eigenvalue weighted by Crippen LogP contribution is 2.63. The minimum Gasteiger partial charge on any atom is -0.464 e. The number of rotatable bonds is 7. The van der Waals surface area contributed by atoms with E-state index in [9.17, 15) is 0 Å². The molecule has 1 saturated carbocycles. The number of aromatic nitrogens is 3. The molecule has 0 saturated heterocycles. The fraction of sp³-hybridized carbons (Fsp3) is 0.800. The Labute approximate surface area is 127 Å². The van der Waals surface area contributed by atoms with E-state index < -0.39 is 0 Å². The lowest BCUT2D eigenvalue weighted by Crippen LogP contribution is -2.15. The molecule has 0 atom stereocenters. The molecule has 6 heteroatoms. The molecule has 1 aromatic rings. The van der Waals surface area contributed by atoms with E-state index in [1.54, 1.807) is 0 Å². The third kappa shape index (κ3) is 3.04. The van der Waals surface area contributed by atoms with E-state index in [-0.39, 0.29) is 10.8 Å². The molecule has 21 heavy (non-hydrogen) atoms. The van der Waals surface area contributed by atoms with Crippen molar-refractivity contribution in [2.45, 2.75) is 54.0 Å². The lowest BCUT2D eigenvalue weighted by Gasteiger charge is -2.10. The summed E-state index contributed by atoms with van der Waals surface area (Å²) in [7, 11) is 0. The second-order valence-corrected chi connectivity index (χ2v) is 6.65. The molecule has 0 spiro atoms. The van der Waals surface area contributed by atoms with Crippen LogP contribution in [0.25, 0.3) is 0 Å². The van der Waals surface area contributed by atoms with Crippen molar-refractivity contribution in [2.75, 3.05) is 23.8 Å². The maximum atomic E-state index is 5.43. The van der Waals surface area contributed by atoms with Crippen LogP contribution < -0.4 is 15.4 Å². The van der Waals surface area contributed by atoms with E-state index >= 15 is 0 Å². The van der Waals surface area contributed by atoms with E-state index in [0.29, 0.717) is 30.6 Å². The van der Waals surface area contributed by atoms with Crippen LogP contribution in [0.4, 0.5) is 11.9 Å². The van der Waals surface area contributed by atoms with Gasteiger partial charge in [0.1, 0.15) is 0 Å². The number of hydrogen-bond donors (Lipinski definition) is 2. The number of ether oxygens (including phenoxy) is 1. The summed E-state index contributed by atoms with van der Waals surface area (Å²) < 4.78 is 5.43. The molecule has 0 aliphatic heterocycles. The summed E-state index contributed by atoms with van der Waals surface area (Å²) in [6.07, 6.45) is 1.01. The summed E-state index contributed by atoms with van der Waals surface area (Å²) in [6, 6.07) is 0.714. The van der Waals surface area contributed by atoms with Crippen LogP contribution >= 0.6 is 0 Å². The lowest BCUT2D eigenvalue weighted by molar-refractivity contribution is 0.312. The van der Waals surface area contributed by atoms with Gasteiger partial charge in [-0.05, 0) is 24.2 Å². The van der Waals surface area contributed by atoms with Gasteiger partial charge < -0.3 is 15.4 Å². The number of anilines is 2. The molecule has 0 amide bonds. The van der Waals surface area contributed by atoms with Crippen molar-refractivity contribution < 1.29 is 4.74 Å². The van der Waals surface area contributed by atoms with E-state index in [0.717, 1.165) is 13.0 Å². The highest BCUT2D eigenvalue weighted by Gasteiger charge is 2.65. The van der Waals surface area contributed by atoms with E-state index in [4.69, 9.17) is 4.74 Å². The molecule has 0 aromatic carbocycles. The Balaban J connectivity index is 2.16. The van der Waals surface area contributed by atoms with Crippen molar-refractivity contribution in [1.29, 1.82) is 0 Å². The zero-order chi connectivity index (χ0) is 15.7. The van der Waals surface area contributed by atoms with E-state index in [1.807, 2.05) is 6.92 Å². The molecule has 1 fully saturated rings. The fourth-order valence-corrected chi connectivity index (χ4v) is 2.62. The molecule has 1 aliphatic carbocycles. The largest absolute Gasteiger partial charge is 0.464 e. The maximum absolute atomic E-state index is 5.43. The average molecular weight is 293 g/mol. The van der Waals surface area contributed by atoms with Crippen molar-refractivity contribution in [3.63, 3.8) is 0 Å². The van der Waals surface area contributed by atoms with Gasteiger partial charge in [-0.2, -0.15) is 15.0 Å². The van der Waals surface area contributed by atoms with Gasteiger partial charge in [-0.25, -0.2) is 0 Å². The van der Waals surface area contributed by atoms with Gasteiger partial charge in [-0.15, -0.1) is 0 Å². The van der Waals surface area contributed by atoms with Crippen molar-refractivity contribution in [3.05, 3.63) is 0 Å². The van der Waals surface area contributed by atoms with Crippen LogP contribution in [0, 0.1) is 10.8 Å². The molecular formula is C15H27N5O. The minimum absolute atomic E-state index is 0.225. The molecule has 1 heterocycles. The first-order chi connectivity index (χ1) is 9.82. The van der Waals surface area contributed by atoms with Crippen LogP contribution in [-0.2, 0) is 0 Å². The van der Waals surface area contributed by atoms with Crippen molar-refractivity contribution >= 4 is 11.9 Å². The normalized spacial score (nSPS) is 19.1. The molecule has 118 valence electrons. The Morgan fingerprint density at radius 1 is 1.00 bits per heavy atom. The number of hydrogen-bond acceptors (Lipinski definition) is 6. The quantitative estimate of drug-likeness (QED) is 0.805. The van der Waals surface area contributed by atoms with Crippen molar-refractivity contribution in [1.82, 2.24) is 15.0 Å². The topological polar surface area (TPSA) is 72.0 Å². The van der Waals surface area contributed by atoms with Gasteiger partial charge in [0.25, 0.3) is 0 Å². The Kier molecular flexibility index (Phi) is 4.25. The van der Waals surface area contributed by atoms with Gasteiger partial charge >= 0.3 is 6.01 Å². The first kappa shape index (κ1) is 15.8. The molecule has 1 aliphatic rings. The molecule has 0 radical (unpaired) electrons. The monoisotopic (exact) mass is 293 g/mol. The summed E-state index contributed by atoms with van der Waals surface area (Å²) >= 11 is 0. The summed E-state index contributed by atoms with van der Waals surface area (Å²) in [4.78, 5) is 13.1. The molecule has 2 N–H and O–H groups in total. The second-order valence-electron chi connectivity index (χ2n) is 6.65. The van der Waals surface area contributed by atoms with Crippen LogP contribution in [0.1, 0.15) is 48.0 Å². The predicted molar refractivity (Wildman–Crippen MR) is 84.7 cm³/mol. The molecule has 2 rings (SSSR count). The molecule has 6 nitrogen and oxygen atoms in total. The third-order valence-corrected chi connectivity index (χ3v) is 4.72. The molecule has 1 aromatic heterocycles. The standard InChI is InChI=1S/C15H27N5O/c1-7-9-16-11-18-12(20-13(19-11)21-8-2)17-10-14(3,4)15(10,5)6/h10H,7-9H2,1-6H3,(H2,16,17,18,19,20). The second kappa shape index (κ2) is 5.66. The highest BCUT2D eigenvalue weighted by molar-refractivity contribution is 5.41. The SMILES string of the molecule is CCCNc1nc(NC2C(C)(C)C2(C)C)nc(OCC)n1. The van der Waals surface area contributed by atoms with E-state index in [1.165, 1.54) is 0 Å². The van der Waals surface area contributed by atoms with Gasteiger partial charge in [-0.1, -0.05) is 34.6 Å². The van der Waals surface area contributed by atoms with Crippen LogP contribution in [0.3, 0.4) is 0 Å². The van der Waals surface area contributed by atoms with Gasteiger partial charge in [-0.3, -0.25) is 0 Å². The highest BCUT2D eigenvalue weighted by atomic mass is 16.5. The van der Waals surface area contributed by atoms with Crippen LogP contribution in [0.2, 0.25) is 0 Å². The predicted octanol–water partition coefficient (Wildman–Crippen LogP) is 2.94. The number of nitrogens with zero attached hydrogens (tertiary/aromatic N) is 3. The smallest absolute Gasteiger partial charge is 0.323 e. The minimum atomic E-state index is 0.225. The molecule has 0 unspecified atom stereocenters. The summed E-state index contributed by atoms with van der Waals surface area (Å²) in [5.41, 5.74) is 0.449. The van der Waals surface area contributed by atoms with Crippen LogP contribution in [0.5, 0.6) is 6.01 Å².